The lowest BCUT2D eigenvalue weighted by Crippen LogP contribution is -1.95. The first-order valence-electron chi connectivity index (χ1n) is 16.2. The summed E-state index contributed by atoms with van der Waals surface area (Å²) in [7, 11) is 0. The van der Waals surface area contributed by atoms with Crippen LogP contribution >= 0.6 is 0 Å². The molecule has 0 saturated carbocycles. The fourth-order valence-corrected chi connectivity index (χ4v) is 7.76. The number of aromatic nitrogens is 2. The van der Waals surface area contributed by atoms with Crippen LogP contribution in [0.3, 0.4) is 0 Å². The van der Waals surface area contributed by atoms with Crippen molar-refractivity contribution in [3.05, 3.63) is 169 Å². The van der Waals surface area contributed by atoms with Crippen molar-refractivity contribution in [2.45, 2.75) is 0 Å². The van der Waals surface area contributed by atoms with Crippen LogP contribution in [0, 0.1) is 11.3 Å². The van der Waals surface area contributed by atoms with E-state index in [2.05, 4.69) is 161 Å². The third-order valence-electron chi connectivity index (χ3n) is 9.90. The molecule has 3 nitrogen and oxygen atoms in total. The van der Waals surface area contributed by atoms with Crippen LogP contribution in [0.15, 0.2) is 164 Å². The Morgan fingerprint density at radius 3 is 1.81 bits per heavy atom. The number of hydrogen-bond acceptors (Lipinski definition) is 1. The highest BCUT2D eigenvalue weighted by Gasteiger charge is 2.18. The van der Waals surface area contributed by atoms with Crippen molar-refractivity contribution in [2.24, 2.45) is 0 Å². The molecule has 0 radical (unpaired) electrons. The summed E-state index contributed by atoms with van der Waals surface area (Å²) in [5.41, 5.74) is 10.1. The summed E-state index contributed by atoms with van der Waals surface area (Å²) >= 11 is 0. The van der Waals surface area contributed by atoms with Crippen molar-refractivity contribution in [1.29, 1.82) is 5.26 Å². The first kappa shape index (κ1) is 26.6. The zero-order valence-corrected chi connectivity index (χ0v) is 25.9. The molecule has 3 heteroatoms. The average Bonchev–Trinajstić information content (AvgIpc) is 3.67. The molecular weight excluding hydrogens is 583 g/mol. The number of hydrogen-bond donors (Lipinski definition) is 0. The Kier molecular flexibility index (Phi) is 5.64. The molecule has 2 heterocycles. The van der Waals surface area contributed by atoms with Gasteiger partial charge < -0.3 is 9.13 Å². The molecule has 10 aromatic rings. The van der Waals surface area contributed by atoms with E-state index in [0.717, 1.165) is 38.4 Å². The first-order chi connectivity index (χ1) is 23.8. The lowest BCUT2D eigenvalue weighted by Gasteiger charge is -2.13. The van der Waals surface area contributed by atoms with Crippen LogP contribution < -0.4 is 0 Å². The van der Waals surface area contributed by atoms with Gasteiger partial charge >= 0.3 is 0 Å². The molecule has 0 aliphatic heterocycles. The Hall–Kier alpha value is -6.63. The summed E-state index contributed by atoms with van der Waals surface area (Å²) in [6.07, 6.45) is 0. The van der Waals surface area contributed by atoms with E-state index < -0.39 is 0 Å². The molecule has 0 aliphatic carbocycles. The minimum absolute atomic E-state index is 0.672. The van der Waals surface area contributed by atoms with E-state index in [4.69, 9.17) is 0 Å². The van der Waals surface area contributed by atoms with Crippen LogP contribution in [-0.4, -0.2) is 9.13 Å². The van der Waals surface area contributed by atoms with Crippen molar-refractivity contribution in [1.82, 2.24) is 9.13 Å². The van der Waals surface area contributed by atoms with Gasteiger partial charge in [-0.2, -0.15) is 5.26 Å². The van der Waals surface area contributed by atoms with Crippen LogP contribution in [0.25, 0.3) is 87.7 Å². The van der Waals surface area contributed by atoms with E-state index in [1.807, 2.05) is 18.2 Å². The van der Waals surface area contributed by atoms with E-state index in [0.29, 0.717) is 5.56 Å². The highest BCUT2D eigenvalue weighted by atomic mass is 15.0. The van der Waals surface area contributed by atoms with Crippen LogP contribution in [-0.2, 0) is 0 Å². The molecule has 222 valence electrons. The number of nitriles is 1. The predicted molar refractivity (Wildman–Crippen MR) is 200 cm³/mol. The first-order valence-corrected chi connectivity index (χ1v) is 16.2. The number of rotatable bonds is 3. The highest BCUT2D eigenvalue weighted by Crippen LogP contribution is 2.41. The van der Waals surface area contributed by atoms with Gasteiger partial charge in [-0.25, -0.2) is 0 Å². The van der Waals surface area contributed by atoms with E-state index in [1.54, 1.807) is 0 Å². The Morgan fingerprint density at radius 2 is 1.02 bits per heavy atom. The Morgan fingerprint density at radius 1 is 0.396 bits per heavy atom. The summed E-state index contributed by atoms with van der Waals surface area (Å²) in [5.74, 6) is 0. The monoisotopic (exact) mass is 609 g/mol. The second kappa shape index (κ2) is 10.2. The van der Waals surface area contributed by atoms with Gasteiger partial charge in [0, 0.05) is 38.5 Å². The molecule has 0 bridgehead atoms. The Bertz CT molecular complexity index is 2950. The van der Waals surface area contributed by atoms with Crippen molar-refractivity contribution in [3.8, 4) is 28.6 Å². The van der Waals surface area contributed by atoms with E-state index in [9.17, 15) is 5.26 Å². The van der Waals surface area contributed by atoms with Gasteiger partial charge in [-0.1, -0.05) is 103 Å². The minimum atomic E-state index is 0.672. The maximum Gasteiger partial charge on any atom is 0.0991 e. The second-order valence-electron chi connectivity index (χ2n) is 12.5. The third-order valence-corrected chi connectivity index (χ3v) is 9.90. The average molecular weight is 610 g/mol. The van der Waals surface area contributed by atoms with Gasteiger partial charge in [0.2, 0.25) is 0 Å². The molecule has 48 heavy (non-hydrogen) atoms. The molecule has 2 aromatic heterocycles. The highest BCUT2D eigenvalue weighted by molar-refractivity contribution is 6.16. The fourth-order valence-electron chi connectivity index (χ4n) is 7.76. The molecule has 0 spiro atoms. The van der Waals surface area contributed by atoms with Crippen LogP contribution in [0.5, 0.6) is 0 Å². The largest absolute Gasteiger partial charge is 0.309 e. The molecule has 0 unspecified atom stereocenters. The normalized spacial score (nSPS) is 11.7. The second-order valence-corrected chi connectivity index (χ2v) is 12.5. The smallest absolute Gasteiger partial charge is 0.0991 e. The van der Waals surface area contributed by atoms with Gasteiger partial charge in [-0.15, -0.1) is 0 Å². The molecule has 0 fully saturated rings. The fraction of sp³-hybridized carbons (Fsp3) is 0. The number of benzene rings is 8. The molecule has 10 rings (SSSR count). The molecule has 0 atom stereocenters. The van der Waals surface area contributed by atoms with E-state index in [1.165, 1.54) is 49.2 Å². The molecule has 0 aliphatic rings. The maximum absolute atomic E-state index is 9.63. The molecule has 8 aromatic carbocycles. The summed E-state index contributed by atoms with van der Waals surface area (Å²) in [6, 6.07) is 60.9. The lowest BCUT2D eigenvalue weighted by atomic mass is 9.99. The van der Waals surface area contributed by atoms with Crippen molar-refractivity contribution in [3.63, 3.8) is 0 Å². The van der Waals surface area contributed by atoms with Gasteiger partial charge in [0.25, 0.3) is 0 Å². The van der Waals surface area contributed by atoms with Gasteiger partial charge in [0.15, 0.2) is 0 Å². The van der Waals surface area contributed by atoms with Gasteiger partial charge in [0.1, 0.15) is 0 Å². The standard InChI is InChI=1S/C45H27N3/c46-28-29-17-18-30-19-20-31-21-23-34(27-40(31)39(30)25-29)47-42-15-6-5-12-37(42)41-26-32(22-24-44(41)47)35-13-8-14-38-36-11-4-7-16-43(36)48(45(35)38)33-9-2-1-3-10-33/h1-27H. The topological polar surface area (TPSA) is 33.6 Å². The number of para-hydroxylation sites is 4. The zero-order chi connectivity index (χ0) is 31.8. The van der Waals surface area contributed by atoms with Crippen LogP contribution in [0.1, 0.15) is 5.56 Å². The third kappa shape index (κ3) is 3.81. The van der Waals surface area contributed by atoms with Crippen LogP contribution in [0.2, 0.25) is 0 Å². The van der Waals surface area contributed by atoms with Crippen molar-refractivity contribution in [2.75, 3.05) is 0 Å². The van der Waals surface area contributed by atoms with Gasteiger partial charge in [0.05, 0.1) is 33.7 Å². The molecule has 0 amide bonds. The SMILES string of the molecule is N#Cc1ccc2ccc3ccc(-n4c5ccccc5c5cc(-c6cccc7c8ccccc8n(-c8ccccc8)c67)ccc54)cc3c2c1. The summed E-state index contributed by atoms with van der Waals surface area (Å²) < 4.78 is 4.78. The quantitative estimate of drug-likeness (QED) is 0.183. The van der Waals surface area contributed by atoms with E-state index >= 15 is 0 Å². The lowest BCUT2D eigenvalue weighted by molar-refractivity contribution is 1.18. The van der Waals surface area contributed by atoms with Crippen molar-refractivity contribution < 1.29 is 0 Å². The van der Waals surface area contributed by atoms with E-state index in [-0.39, 0.29) is 0 Å². The predicted octanol–water partition coefficient (Wildman–Crippen LogP) is 11.7. The summed E-state index contributed by atoms with van der Waals surface area (Å²) in [6.45, 7) is 0. The summed E-state index contributed by atoms with van der Waals surface area (Å²) in [4.78, 5) is 0. The number of nitrogens with zero attached hydrogens (tertiary/aromatic N) is 3. The summed E-state index contributed by atoms with van der Waals surface area (Å²) in [5, 5.41) is 19.1. The van der Waals surface area contributed by atoms with Gasteiger partial charge in [-0.05, 0) is 87.8 Å². The molecular formula is C45H27N3. The zero-order valence-electron chi connectivity index (χ0n) is 25.9. The number of fused-ring (bicyclic) bond motifs is 9. The Labute approximate surface area is 276 Å². The van der Waals surface area contributed by atoms with Crippen molar-refractivity contribution >= 4 is 65.2 Å². The molecule has 0 N–H and O–H groups in total. The molecule has 0 saturated heterocycles. The Balaban J connectivity index is 1.24. The van der Waals surface area contributed by atoms with Crippen LogP contribution in [0.4, 0.5) is 0 Å². The minimum Gasteiger partial charge on any atom is -0.309 e. The maximum atomic E-state index is 9.63. The van der Waals surface area contributed by atoms with Gasteiger partial charge in [-0.3, -0.25) is 0 Å².